The summed E-state index contributed by atoms with van der Waals surface area (Å²) in [4.78, 5) is 15.5. The molecule has 4 heteroatoms. The summed E-state index contributed by atoms with van der Waals surface area (Å²) in [6.45, 7) is 1.92. The number of nitrogens with zero attached hydrogens (tertiary/aromatic N) is 1. The van der Waals surface area contributed by atoms with Crippen molar-refractivity contribution in [3.05, 3.63) is 29.8 Å². The van der Waals surface area contributed by atoms with Crippen molar-refractivity contribution in [2.45, 2.75) is 30.2 Å². The molecular formula is C15H22N2OS. The average molecular weight is 278 g/mol. The third kappa shape index (κ3) is 3.98. The molecule has 1 N–H and O–H groups in total. The van der Waals surface area contributed by atoms with Gasteiger partial charge in [0.25, 0.3) is 0 Å². The highest BCUT2D eigenvalue weighted by Crippen LogP contribution is 2.20. The van der Waals surface area contributed by atoms with E-state index in [2.05, 4.69) is 23.3 Å². The van der Waals surface area contributed by atoms with Crippen molar-refractivity contribution in [3.8, 4) is 0 Å². The predicted octanol–water partition coefficient (Wildman–Crippen LogP) is 2.16. The van der Waals surface area contributed by atoms with Crippen molar-refractivity contribution in [2.24, 2.45) is 0 Å². The normalized spacial score (nSPS) is 19.6. The molecule has 0 aliphatic carbocycles. The molecule has 1 amide bonds. The van der Waals surface area contributed by atoms with Crippen LogP contribution in [0.25, 0.3) is 0 Å². The van der Waals surface area contributed by atoms with E-state index in [4.69, 9.17) is 0 Å². The maximum Gasteiger partial charge on any atom is 0.224 e. The van der Waals surface area contributed by atoms with E-state index in [9.17, 15) is 4.79 Å². The molecule has 3 nitrogen and oxygen atoms in total. The quantitative estimate of drug-likeness (QED) is 0.838. The van der Waals surface area contributed by atoms with Crippen LogP contribution in [-0.4, -0.2) is 43.2 Å². The molecule has 1 heterocycles. The van der Waals surface area contributed by atoms with Crippen LogP contribution >= 0.6 is 11.8 Å². The van der Waals surface area contributed by atoms with Crippen molar-refractivity contribution >= 4 is 17.7 Å². The summed E-state index contributed by atoms with van der Waals surface area (Å²) in [5, 5.41) is 3.06. The van der Waals surface area contributed by atoms with E-state index in [0.717, 1.165) is 18.7 Å². The Morgan fingerprint density at radius 1 is 1.47 bits per heavy atom. The van der Waals surface area contributed by atoms with Crippen LogP contribution in [0.15, 0.2) is 29.2 Å². The first-order valence-electron chi connectivity index (χ1n) is 6.79. The third-order valence-electron chi connectivity index (χ3n) is 3.75. The Balaban J connectivity index is 1.84. The fourth-order valence-electron chi connectivity index (χ4n) is 2.55. The number of hydrogen-bond acceptors (Lipinski definition) is 3. The zero-order valence-corrected chi connectivity index (χ0v) is 12.5. The highest BCUT2D eigenvalue weighted by Gasteiger charge is 2.21. The smallest absolute Gasteiger partial charge is 0.224 e. The number of likely N-dealkylation sites (N-methyl/N-ethyl adjacent to an activating group) is 1. The number of carbonyl (C=O) groups is 1. The van der Waals surface area contributed by atoms with Crippen LogP contribution in [0.1, 0.15) is 18.4 Å². The molecule has 1 aromatic rings. The Labute approximate surface area is 119 Å². The van der Waals surface area contributed by atoms with E-state index >= 15 is 0 Å². The van der Waals surface area contributed by atoms with Gasteiger partial charge in [0.15, 0.2) is 0 Å². The van der Waals surface area contributed by atoms with Gasteiger partial charge in [-0.15, -0.1) is 11.8 Å². The van der Waals surface area contributed by atoms with E-state index in [1.54, 1.807) is 11.8 Å². The van der Waals surface area contributed by atoms with Gasteiger partial charge in [0.1, 0.15) is 0 Å². The number of rotatable bonds is 5. The van der Waals surface area contributed by atoms with Crippen LogP contribution in [0.4, 0.5) is 0 Å². The average Bonchev–Trinajstić information content (AvgIpc) is 2.82. The summed E-state index contributed by atoms with van der Waals surface area (Å²) in [5.74, 6) is 0.127. The molecule has 1 aliphatic heterocycles. The molecule has 0 radical (unpaired) electrons. The number of thioether (sulfide) groups is 1. The van der Waals surface area contributed by atoms with Crippen LogP contribution in [0.2, 0.25) is 0 Å². The first-order chi connectivity index (χ1) is 9.20. The molecule has 0 aromatic heterocycles. The fraction of sp³-hybridized carbons (Fsp3) is 0.533. The molecule has 1 saturated heterocycles. The molecule has 1 aromatic carbocycles. The Hall–Kier alpha value is -1.00. The second kappa shape index (κ2) is 6.96. The SMILES string of the molecule is CSc1ccccc1CC(=O)NCC1CCCN1C. The number of carbonyl (C=O) groups excluding carboxylic acids is 1. The molecule has 19 heavy (non-hydrogen) atoms. The summed E-state index contributed by atoms with van der Waals surface area (Å²) >= 11 is 1.69. The second-order valence-electron chi connectivity index (χ2n) is 5.07. The second-order valence-corrected chi connectivity index (χ2v) is 5.92. The largest absolute Gasteiger partial charge is 0.354 e. The van der Waals surface area contributed by atoms with Crippen molar-refractivity contribution in [2.75, 3.05) is 26.4 Å². The molecule has 0 saturated carbocycles. The Morgan fingerprint density at radius 3 is 2.95 bits per heavy atom. The van der Waals surface area contributed by atoms with Crippen molar-refractivity contribution in [3.63, 3.8) is 0 Å². The van der Waals surface area contributed by atoms with E-state index in [0.29, 0.717) is 12.5 Å². The highest BCUT2D eigenvalue weighted by atomic mass is 32.2. The lowest BCUT2D eigenvalue weighted by Gasteiger charge is -2.19. The maximum atomic E-state index is 12.0. The van der Waals surface area contributed by atoms with Gasteiger partial charge >= 0.3 is 0 Å². The van der Waals surface area contributed by atoms with Crippen LogP contribution in [0.3, 0.4) is 0 Å². The van der Waals surface area contributed by atoms with Gasteiger partial charge < -0.3 is 10.2 Å². The Kier molecular flexibility index (Phi) is 5.28. The lowest BCUT2D eigenvalue weighted by atomic mass is 10.1. The lowest BCUT2D eigenvalue weighted by Crippen LogP contribution is -2.38. The molecule has 104 valence electrons. The van der Waals surface area contributed by atoms with E-state index in [-0.39, 0.29) is 5.91 Å². The van der Waals surface area contributed by atoms with Gasteiger partial charge in [0, 0.05) is 17.5 Å². The lowest BCUT2D eigenvalue weighted by molar-refractivity contribution is -0.120. The summed E-state index contributed by atoms with van der Waals surface area (Å²) in [7, 11) is 2.13. The minimum atomic E-state index is 0.127. The first-order valence-corrected chi connectivity index (χ1v) is 8.02. The fourth-order valence-corrected chi connectivity index (χ4v) is 3.17. The summed E-state index contributed by atoms with van der Waals surface area (Å²) in [5.41, 5.74) is 1.12. The summed E-state index contributed by atoms with van der Waals surface area (Å²) in [6.07, 6.45) is 4.96. The molecule has 1 fully saturated rings. The summed E-state index contributed by atoms with van der Waals surface area (Å²) in [6, 6.07) is 8.62. The topological polar surface area (TPSA) is 32.3 Å². The third-order valence-corrected chi connectivity index (χ3v) is 4.59. The van der Waals surface area contributed by atoms with Gasteiger partial charge in [-0.2, -0.15) is 0 Å². The standard InChI is InChI=1S/C15H22N2OS/c1-17-9-5-7-13(17)11-16-15(18)10-12-6-3-4-8-14(12)19-2/h3-4,6,8,13H,5,7,9-11H2,1-2H3,(H,16,18). The van der Waals surface area contributed by atoms with Crippen LogP contribution in [0, 0.1) is 0 Å². The summed E-state index contributed by atoms with van der Waals surface area (Å²) < 4.78 is 0. The predicted molar refractivity (Wildman–Crippen MR) is 80.6 cm³/mol. The Morgan fingerprint density at radius 2 is 2.26 bits per heavy atom. The minimum Gasteiger partial charge on any atom is -0.354 e. The highest BCUT2D eigenvalue weighted by molar-refractivity contribution is 7.98. The van der Waals surface area contributed by atoms with Crippen LogP contribution in [-0.2, 0) is 11.2 Å². The molecule has 1 aliphatic rings. The van der Waals surface area contributed by atoms with Gasteiger partial charge in [-0.1, -0.05) is 18.2 Å². The Bertz CT molecular complexity index is 436. The number of amides is 1. The zero-order chi connectivity index (χ0) is 13.7. The minimum absolute atomic E-state index is 0.127. The van der Waals surface area contributed by atoms with Crippen molar-refractivity contribution < 1.29 is 4.79 Å². The molecule has 1 unspecified atom stereocenters. The molecular weight excluding hydrogens is 256 g/mol. The van der Waals surface area contributed by atoms with E-state index < -0.39 is 0 Å². The van der Waals surface area contributed by atoms with Gasteiger partial charge in [-0.3, -0.25) is 4.79 Å². The first kappa shape index (κ1) is 14.4. The molecule has 1 atom stereocenters. The monoisotopic (exact) mass is 278 g/mol. The van der Waals surface area contributed by atoms with Crippen molar-refractivity contribution in [1.82, 2.24) is 10.2 Å². The van der Waals surface area contributed by atoms with Crippen LogP contribution < -0.4 is 5.32 Å². The van der Waals surface area contributed by atoms with Gasteiger partial charge in [0.2, 0.25) is 5.91 Å². The zero-order valence-electron chi connectivity index (χ0n) is 11.7. The maximum absolute atomic E-state index is 12.0. The number of hydrogen-bond donors (Lipinski definition) is 1. The number of nitrogens with one attached hydrogen (secondary N) is 1. The molecule has 2 rings (SSSR count). The number of likely N-dealkylation sites (tertiary alicyclic amines) is 1. The van der Waals surface area contributed by atoms with E-state index in [1.165, 1.54) is 17.7 Å². The van der Waals surface area contributed by atoms with Gasteiger partial charge in [-0.05, 0) is 44.3 Å². The van der Waals surface area contributed by atoms with Gasteiger partial charge in [-0.25, -0.2) is 0 Å². The molecule has 0 spiro atoms. The number of benzene rings is 1. The molecule has 0 bridgehead atoms. The van der Waals surface area contributed by atoms with Crippen LogP contribution in [0.5, 0.6) is 0 Å². The van der Waals surface area contributed by atoms with Gasteiger partial charge in [0.05, 0.1) is 6.42 Å². The van der Waals surface area contributed by atoms with E-state index in [1.807, 2.05) is 24.5 Å². The van der Waals surface area contributed by atoms with Crippen molar-refractivity contribution in [1.29, 1.82) is 0 Å².